The summed E-state index contributed by atoms with van der Waals surface area (Å²) < 4.78 is 5.61. The first-order valence-corrected chi connectivity index (χ1v) is 6.27. The van der Waals surface area contributed by atoms with Crippen molar-refractivity contribution in [2.75, 3.05) is 13.1 Å². The predicted molar refractivity (Wildman–Crippen MR) is 61.9 cm³/mol. The number of hydrogen-bond donors (Lipinski definition) is 1. The number of amides is 1. The Bertz CT molecular complexity index is 270. The van der Waals surface area contributed by atoms with Crippen LogP contribution in [0.2, 0.25) is 0 Å². The molecule has 0 aromatic rings. The van der Waals surface area contributed by atoms with E-state index in [4.69, 9.17) is 10.5 Å². The molecule has 0 radical (unpaired) electrons. The lowest BCUT2D eigenvalue weighted by Gasteiger charge is -2.36. The third kappa shape index (κ3) is 2.38. The number of nitrogens with two attached hydrogens (primary N) is 1. The van der Waals surface area contributed by atoms with Crippen molar-refractivity contribution < 1.29 is 9.53 Å². The summed E-state index contributed by atoms with van der Waals surface area (Å²) in [4.78, 5) is 14.0. The van der Waals surface area contributed by atoms with E-state index < -0.39 is 0 Å². The highest BCUT2D eigenvalue weighted by molar-refractivity contribution is 5.81. The summed E-state index contributed by atoms with van der Waals surface area (Å²) >= 11 is 0. The fraction of sp³-hybridized carbons (Fsp3) is 0.917. The van der Waals surface area contributed by atoms with E-state index in [9.17, 15) is 4.79 Å². The minimum Gasteiger partial charge on any atom is -0.365 e. The van der Waals surface area contributed by atoms with E-state index in [0.29, 0.717) is 12.5 Å². The number of carbonyl (C=O) groups is 1. The van der Waals surface area contributed by atoms with Crippen LogP contribution in [0.25, 0.3) is 0 Å². The van der Waals surface area contributed by atoms with Gasteiger partial charge >= 0.3 is 0 Å². The third-order valence-corrected chi connectivity index (χ3v) is 3.84. The maximum Gasteiger partial charge on any atom is 0.251 e. The van der Waals surface area contributed by atoms with Crippen molar-refractivity contribution in [1.82, 2.24) is 4.90 Å². The summed E-state index contributed by atoms with van der Waals surface area (Å²) in [5.41, 5.74) is 6.00. The lowest BCUT2D eigenvalue weighted by atomic mass is 9.94. The minimum atomic E-state index is -0.212. The van der Waals surface area contributed by atoms with Crippen LogP contribution in [-0.2, 0) is 9.53 Å². The molecule has 2 heterocycles. The summed E-state index contributed by atoms with van der Waals surface area (Å²) in [6.45, 7) is 5.70. The van der Waals surface area contributed by atoms with E-state index in [2.05, 4.69) is 6.92 Å². The van der Waals surface area contributed by atoms with Gasteiger partial charge in [0.2, 0.25) is 0 Å². The number of carbonyl (C=O) groups excluding carboxylic acids is 1. The zero-order valence-corrected chi connectivity index (χ0v) is 10.2. The Kier molecular flexibility index (Phi) is 3.50. The van der Waals surface area contributed by atoms with Crippen LogP contribution < -0.4 is 5.73 Å². The number of ether oxygens (including phenoxy) is 1. The standard InChI is InChI=1S/C12H22N2O2/c1-8-5-6-14(7-10(8)13)12(15)11-4-3-9(2)16-11/h8-11H,3-7,13H2,1-2H3. The maximum atomic E-state index is 12.1. The molecule has 2 rings (SSSR count). The van der Waals surface area contributed by atoms with Crippen LogP contribution in [0.15, 0.2) is 0 Å². The third-order valence-electron chi connectivity index (χ3n) is 3.84. The predicted octanol–water partition coefficient (Wildman–Crippen LogP) is 0.750. The maximum absolute atomic E-state index is 12.1. The topological polar surface area (TPSA) is 55.6 Å². The van der Waals surface area contributed by atoms with Crippen LogP contribution in [0, 0.1) is 5.92 Å². The SMILES string of the molecule is CC1CCC(C(=O)N2CCC(C)C(N)C2)O1. The first kappa shape index (κ1) is 11.9. The highest BCUT2D eigenvalue weighted by Gasteiger charge is 2.34. The molecule has 4 unspecified atom stereocenters. The van der Waals surface area contributed by atoms with Gasteiger partial charge in [0.1, 0.15) is 6.10 Å². The number of nitrogens with zero attached hydrogens (tertiary/aromatic N) is 1. The zero-order valence-electron chi connectivity index (χ0n) is 10.2. The van der Waals surface area contributed by atoms with E-state index >= 15 is 0 Å². The van der Waals surface area contributed by atoms with Gasteiger partial charge in [0.05, 0.1) is 6.10 Å². The molecule has 4 nitrogen and oxygen atoms in total. The largest absolute Gasteiger partial charge is 0.365 e. The van der Waals surface area contributed by atoms with Crippen molar-refractivity contribution in [3.63, 3.8) is 0 Å². The fourth-order valence-electron chi connectivity index (χ4n) is 2.49. The average molecular weight is 226 g/mol. The Balaban J connectivity index is 1.90. The Morgan fingerprint density at radius 1 is 1.31 bits per heavy atom. The number of hydrogen-bond acceptors (Lipinski definition) is 3. The second-order valence-corrected chi connectivity index (χ2v) is 5.23. The van der Waals surface area contributed by atoms with Crippen molar-refractivity contribution in [3.8, 4) is 0 Å². The molecule has 2 aliphatic rings. The van der Waals surface area contributed by atoms with Gasteiger partial charge in [-0.05, 0) is 32.1 Å². The fourth-order valence-corrected chi connectivity index (χ4v) is 2.49. The molecule has 1 amide bonds. The highest BCUT2D eigenvalue weighted by Crippen LogP contribution is 2.23. The van der Waals surface area contributed by atoms with Gasteiger partial charge < -0.3 is 15.4 Å². The minimum absolute atomic E-state index is 0.122. The monoisotopic (exact) mass is 226 g/mol. The molecule has 16 heavy (non-hydrogen) atoms. The Hall–Kier alpha value is -0.610. The highest BCUT2D eigenvalue weighted by atomic mass is 16.5. The van der Waals surface area contributed by atoms with Gasteiger partial charge in [-0.2, -0.15) is 0 Å². The quantitative estimate of drug-likeness (QED) is 0.718. The molecule has 0 aromatic carbocycles. The van der Waals surface area contributed by atoms with Crippen LogP contribution in [0.1, 0.15) is 33.1 Å². The molecule has 2 aliphatic heterocycles. The summed E-state index contributed by atoms with van der Waals surface area (Å²) in [7, 11) is 0. The molecule has 2 fully saturated rings. The zero-order chi connectivity index (χ0) is 11.7. The van der Waals surface area contributed by atoms with E-state index in [1.54, 1.807) is 0 Å². The number of piperidine rings is 1. The molecular weight excluding hydrogens is 204 g/mol. The summed E-state index contributed by atoms with van der Waals surface area (Å²) in [6, 6.07) is 0.122. The van der Waals surface area contributed by atoms with Gasteiger partial charge in [-0.3, -0.25) is 4.79 Å². The normalized spacial score (nSPS) is 40.1. The molecule has 0 saturated carbocycles. The van der Waals surface area contributed by atoms with Crippen molar-refractivity contribution in [1.29, 1.82) is 0 Å². The molecule has 2 N–H and O–H groups in total. The molecular formula is C12H22N2O2. The molecule has 0 aromatic heterocycles. The molecule has 0 aliphatic carbocycles. The summed E-state index contributed by atoms with van der Waals surface area (Å²) in [6.07, 6.45) is 2.88. The second-order valence-electron chi connectivity index (χ2n) is 5.23. The molecule has 4 heteroatoms. The first-order valence-electron chi connectivity index (χ1n) is 6.27. The van der Waals surface area contributed by atoms with E-state index in [0.717, 1.165) is 25.8 Å². The lowest BCUT2D eigenvalue weighted by Crippen LogP contribution is -2.52. The van der Waals surface area contributed by atoms with Gasteiger partial charge in [-0.25, -0.2) is 0 Å². The van der Waals surface area contributed by atoms with Crippen LogP contribution in [0.4, 0.5) is 0 Å². The lowest BCUT2D eigenvalue weighted by molar-refractivity contribution is -0.144. The van der Waals surface area contributed by atoms with Crippen LogP contribution in [0.5, 0.6) is 0 Å². The van der Waals surface area contributed by atoms with Gasteiger partial charge in [-0.15, -0.1) is 0 Å². The van der Waals surface area contributed by atoms with Crippen LogP contribution >= 0.6 is 0 Å². The molecule has 4 atom stereocenters. The second kappa shape index (κ2) is 4.72. The smallest absolute Gasteiger partial charge is 0.251 e. The van der Waals surface area contributed by atoms with Gasteiger partial charge in [-0.1, -0.05) is 6.92 Å². The van der Waals surface area contributed by atoms with Crippen molar-refractivity contribution in [3.05, 3.63) is 0 Å². The number of likely N-dealkylation sites (tertiary alicyclic amines) is 1. The van der Waals surface area contributed by atoms with Crippen LogP contribution in [0.3, 0.4) is 0 Å². The summed E-state index contributed by atoms with van der Waals surface area (Å²) in [5.74, 6) is 0.666. The Labute approximate surface area is 97.1 Å². The van der Waals surface area contributed by atoms with Gasteiger partial charge in [0.15, 0.2) is 0 Å². The molecule has 0 bridgehead atoms. The van der Waals surface area contributed by atoms with E-state index in [1.165, 1.54) is 0 Å². The molecule has 2 saturated heterocycles. The van der Waals surface area contributed by atoms with Crippen molar-refractivity contribution in [2.24, 2.45) is 11.7 Å². The molecule has 0 spiro atoms. The van der Waals surface area contributed by atoms with Crippen molar-refractivity contribution >= 4 is 5.91 Å². The summed E-state index contributed by atoms with van der Waals surface area (Å²) in [5, 5.41) is 0. The van der Waals surface area contributed by atoms with Crippen molar-refractivity contribution in [2.45, 2.75) is 51.4 Å². The Morgan fingerprint density at radius 3 is 2.62 bits per heavy atom. The first-order chi connectivity index (χ1) is 7.58. The molecule has 92 valence electrons. The Morgan fingerprint density at radius 2 is 2.06 bits per heavy atom. The number of rotatable bonds is 1. The van der Waals surface area contributed by atoms with Gasteiger partial charge in [0, 0.05) is 19.1 Å². The van der Waals surface area contributed by atoms with E-state index in [1.807, 2.05) is 11.8 Å². The average Bonchev–Trinajstić information content (AvgIpc) is 2.68. The van der Waals surface area contributed by atoms with Crippen LogP contribution in [-0.4, -0.2) is 42.1 Å². The van der Waals surface area contributed by atoms with E-state index in [-0.39, 0.29) is 24.2 Å². The van der Waals surface area contributed by atoms with Gasteiger partial charge in [0.25, 0.3) is 5.91 Å².